The van der Waals surface area contributed by atoms with Crippen LogP contribution in [0.3, 0.4) is 0 Å². The fraction of sp³-hybridized carbons (Fsp3) is 0.143. The normalized spacial score (nSPS) is 11.3. The molecule has 0 aromatic heterocycles. The van der Waals surface area contributed by atoms with E-state index in [4.69, 9.17) is 4.18 Å². The predicted octanol–water partition coefficient (Wildman–Crippen LogP) is 3.51. The van der Waals surface area contributed by atoms with Gasteiger partial charge in [-0.2, -0.15) is 8.42 Å². The summed E-state index contributed by atoms with van der Waals surface area (Å²) in [5, 5.41) is 0. The molecular weight excluding hydrogens is 375 g/mol. The van der Waals surface area contributed by atoms with Crippen LogP contribution >= 0.6 is 22.6 Å². The van der Waals surface area contributed by atoms with Crippen molar-refractivity contribution in [1.29, 1.82) is 0 Å². The molecule has 0 fully saturated rings. The summed E-state index contributed by atoms with van der Waals surface area (Å²) in [5.41, 5.74) is 1.76. The third kappa shape index (κ3) is 4.50. The largest absolute Gasteiger partial charge is 0.382 e. The summed E-state index contributed by atoms with van der Waals surface area (Å²) in [5.74, 6) is 0.222. The molecule has 0 atom stereocenters. The zero-order chi connectivity index (χ0) is 13.9. The van der Waals surface area contributed by atoms with Crippen LogP contribution in [0.1, 0.15) is 11.1 Å². The molecule has 0 bridgehead atoms. The highest BCUT2D eigenvalue weighted by atomic mass is 127. The van der Waals surface area contributed by atoms with Crippen molar-refractivity contribution < 1.29 is 12.6 Å². The Kier molecular flexibility index (Phi) is 4.46. The second-order valence-corrected chi connectivity index (χ2v) is 7.05. The maximum atomic E-state index is 12.0. The van der Waals surface area contributed by atoms with Crippen LogP contribution in [0.4, 0.5) is 0 Å². The van der Waals surface area contributed by atoms with Crippen molar-refractivity contribution >= 4 is 32.7 Å². The van der Waals surface area contributed by atoms with E-state index >= 15 is 0 Å². The van der Waals surface area contributed by atoms with Crippen LogP contribution in [0.5, 0.6) is 5.75 Å². The van der Waals surface area contributed by atoms with Gasteiger partial charge in [0, 0.05) is 3.57 Å². The van der Waals surface area contributed by atoms with Gasteiger partial charge in [0.2, 0.25) is 0 Å². The van der Waals surface area contributed by atoms with E-state index in [1.165, 1.54) is 0 Å². The topological polar surface area (TPSA) is 43.4 Å². The maximum absolute atomic E-state index is 12.0. The highest BCUT2D eigenvalue weighted by Crippen LogP contribution is 2.18. The smallest absolute Gasteiger partial charge is 0.313 e. The Balaban J connectivity index is 2.15. The van der Waals surface area contributed by atoms with Crippen LogP contribution in [0.15, 0.2) is 48.5 Å². The van der Waals surface area contributed by atoms with Crippen molar-refractivity contribution in [3.8, 4) is 5.75 Å². The van der Waals surface area contributed by atoms with Crippen molar-refractivity contribution in [2.24, 2.45) is 0 Å². The summed E-state index contributed by atoms with van der Waals surface area (Å²) in [6.45, 7) is 1.93. The lowest BCUT2D eigenvalue weighted by Crippen LogP contribution is -2.12. The van der Waals surface area contributed by atoms with E-state index < -0.39 is 10.1 Å². The molecule has 0 unspecified atom stereocenters. The van der Waals surface area contributed by atoms with Gasteiger partial charge < -0.3 is 4.18 Å². The van der Waals surface area contributed by atoms with Gasteiger partial charge in [0.15, 0.2) is 0 Å². The number of halogens is 1. The molecule has 2 aromatic rings. The zero-order valence-corrected chi connectivity index (χ0v) is 13.3. The van der Waals surface area contributed by atoms with Crippen molar-refractivity contribution in [2.75, 3.05) is 0 Å². The molecular formula is C14H13IO3S. The lowest BCUT2D eigenvalue weighted by atomic mass is 10.2. The van der Waals surface area contributed by atoms with Gasteiger partial charge in [-0.3, -0.25) is 0 Å². The summed E-state index contributed by atoms with van der Waals surface area (Å²) < 4.78 is 30.0. The van der Waals surface area contributed by atoms with Crippen molar-refractivity contribution in [1.82, 2.24) is 0 Å². The molecule has 2 rings (SSSR count). The average Bonchev–Trinajstić information content (AvgIpc) is 2.27. The first-order valence-electron chi connectivity index (χ1n) is 5.68. The SMILES string of the molecule is Cc1cccc(CS(=O)(=O)Oc2cccc(I)c2)c1. The fourth-order valence-corrected chi connectivity index (χ4v) is 3.26. The molecule has 0 aliphatic rings. The van der Waals surface area contributed by atoms with E-state index in [1.54, 1.807) is 24.3 Å². The number of aryl methyl sites for hydroxylation is 1. The lowest BCUT2D eigenvalue weighted by Gasteiger charge is -2.07. The van der Waals surface area contributed by atoms with Gasteiger partial charge >= 0.3 is 10.1 Å². The molecule has 0 aliphatic carbocycles. The van der Waals surface area contributed by atoms with Crippen molar-refractivity contribution in [3.05, 3.63) is 63.2 Å². The highest BCUT2D eigenvalue weighted by Gasteiger charge is 2.14. The number of hydrogen-bond acceptors (Lipinski definition) is 3. The molecule has 0 saturated heterocycles. The molecule has 0 amide bonds. The summed E-state index contributed by atoms with van der Waals surface area (Å²) in [7, 11) is -3.62. The van der Waals surface area contributed by atoms with Gasteiger partial charge in [-0.05, 0) is 53.3 Å². The number of rotatable bonds is 4. The monoisotopic (exact) mass is 388 g/mol. The Morgan fingerprint density at radius 2 is 1.84 bits per heavy atom. The molecule has 5 heteroatoms. The van der Waals surface area contributed by atoms with E-state index in [0.29, 0.717) is 5.75 Å². The standard InChI is InChI=1S/C14H13IO3S/c1-11-4-2-5-12(8-11)10-19(16,17)18-14-7-3-6-13(15)9-14/h2-9H,10H2,1H3. The van der Waals surface area contributed by atoms with Crippen molar-refractivity contribution in [3.63, 3.8) is 0 Å². The number of benzene rings is 2. The molecule has 19 heavy (non-hydrogen) atoms. The van der Waals surface area contributed by atoms with Gasteiger partial charge in [0.1, 0.15) is 11.5 Å². The molecule has 0 aliphatic heterocycles. The van der Waals surface area contributed by atoms with Crippen LogP contribution < -0.4 is 4.18 Å². The lowest BCUT2D eigenvalue weighted by molar-refractivity contribution is 0.485. The Labute approximate surface area is 126 Å². The molecule has 100 valence electrons. The molecule has 0 radical (unpaired) electrons. The first kappa shape index (κ1) is 14.3. The Bertz CT molecular complexity index is 627. The molecule has 0 heterocycles. The second-order valence-electron chi connectivity index (χ2n) is 4.23. The minimum absolute atomic E-state index is 0.125. The Morgan fingerprint density at radius 1 is 1.11 bits per heavy atom. The summed E-state index contributed by atoms with van der Waals surface area (Å²) in [4.78, 5) is 0. The van der Waals surface area contributed by atoms with Crippen LogP contribution in [-0.2, 0) is 15.9 Å². The first-order valence-corrected chi connectivity index (χ1v) is 8.33. The van der Waals surface area contributed by atoms with E-state index in [0.717, 1.165) is 14.7 Å². The van der Waals surface area contributed by atoms with E-state index in [2.05, 4.69) is 22.6 Å². The first-order chi connectivity index (χ1) is 8.94. The van der Waals surface area contributed by atoms with Gasteiger partial charge in [0.25, 0.3) is 0 Å². The third-order valence-corrected chi connectivity index (χ3v) is 4.25. The van der Waals surface area contributed by atoms with Crippen LogP contribution in [0.25, 0.3) is 0 Å². The minimum Gasteiger partial charge on any atom is -0.382 e. The van der Waals surface area contributed by atoms with Crippen LogP contribution in [0, 0.1) is 10.5 Å². The second kappa shape index (κ2) is 5.92. The fourth-order valence-electron chi connectivity index (χ4n) is 1.70. The Morgan fingerprint density at radius 3 is 2.53 bits per heavy atom. The van der Waals surface area contributed by atoms with Crippen LogP contribution in [0.2, 0.25) is 0 Å². The van der Waals surface area contributed by atoms with Gasteiger partial charge in [-0.1, -0.05) is 35.9 Å². The average molecular weight is 388 g/mol. The van der Waals surface area contributed by atoms with Crippen LogP contribution in [-0.4, -0.2) is 8.42 Å². The quantitative estimate of drug-likeness (QED) is 0.595. The summed E-state index contributed by atoms with van der Waals surface area (Å²) >= 11 is 2.11. The Hall–Kier alpha value is -1.08. The van der Waals surface area contributed by atoms with Gasteiger partial charge in [-0.15, -0.1) is 0 Å². The maximum Gasteiger partial charge on any atom is 0.313 e. The van der Waals surface area contributed by atoms with E-state index in [9.17, 15) is 8.42 Å². The number of hydrogen-bond donors (Lipinski definition) is 0. The molecule has 2 aromatic carbocycles. The minimum atomic E-state index is -3.62. The van der Waals surface area contributed by atoms with Gasteiger partial charge in [0.05, 0.1) is 0 Å². The van der Waals surface area contributed by atoms with Crippen molar-refractivity contribution in [2.45, 2.75) is 12.7 Å². The van der Waals surface area contributed by atoms with E-state index in [-0.39, 0.29) is 5.75 Å². The zero-order valence-electron chi connectivity index (χ0n) is 10.3. The van der Waals surface area contributed by atoms with Gasteiger partial charge in [-0.25, -0.2) is 0 Å². The third-order valence-electron chi connectivity index (χ3n) is 2.45. The molecule has 0 saturated carbocycles. The molecule has 0 N–H and O–H groups in total. The summed E-state index contributed by atoms with van der Waals surface area (Å²) in [6.07, 6.45) is 0. The molecule has 0 spiro atoms. The predicted molar refractivity (Wildman–Crippen MR) is 83.6 cm³/mol. The highest BCUT2D eigenvalue weighted by molar-refractivity contribution is 14.1. The molecule has 3 nitrogen and oxygen atoms in total. The summed E-state index contributed by atoms with van der Waals surface area (Å²) in [6, 6.07) is 14.4. The van der Waals surface area contributed by atoms with E-state index in [1.807, 2.05) is 31.2 Å².